The van der Waals surface area contributed by atoms with E-state index in [9.17, 15) is 0 Å². The zero-order chi connectivity index (χ0) is 10.8. The summed E-state index contributed by atoms with van der Waals surface area (Å²) in [7, 11) is 0. The molecular weight excluding hydrogens is 234 g/mol. The molecule has 1 N–H and O–H groups in total. The Labute approximate surface area is 106 Å². The van der Waals surface area contributed by atoms with Crippen LogP contribution in [-0.2, 0) is 6.42 Å². The Bertz CT molecular complexity index is 341. The maximum Gasteiger partial charge on any atom is 0.0334 e. The van der Waals surface area contributed by atoms with Crippen molar-refractivity contribution in [3.63, 3.8) is 0 Å². The SMILES string of the molecule is c1cc2c(s1)CCCC2NC1CCCSC1. The van der Waals surface area contributed by atoms with Gasteiger partial charge in [0.2, 0.25) is 0 Å². The van der Waals surface area contributed by atoms with Gasteiger partial charge in [0, 0.05) is 22.7 Å². The summed E-state index contributed by atoms with van der Waals surface area (Å²) >= 11 is 4.06. The van der Waals surface area contributed by atoms with Gasteiger partial charge in [-0.15, -0.1) is 11.3 Å². The van der Waals surface area contributed by atoms with Crippen molar-refractivity contribution in [1.29, 1.82) is 0 Å². The number of thiophene rings is 1. The van der Waals surface area contributed by atoms with Crippen molar-refractivity contribution in [3.8, 4) is 0 Å². The number of hydrogen-bond acceptors (Lipinski definition) is 3. The Morgan fingerprint density at radius 2 is 2.25 bits per heavy atom. The van der Waals surface area contributed by atoms with Crippen molar-refractivity contribution in [1.82, 2.24) is 5.32 Å². The molecule has 1 aliphatic carbocycles. The van der Waals surface area contributed by atoms with E-state index in [1.54, 1.807) is 10.4 Å². The van der Waals surface area contributed by atoms with E-state index >= 15 is 0 Å². The van der Waals surface area contributed by atoms with Crippen molar-refractivity contribution in [2.45, 2.75) is 44.2 Å². The zero-order valence-corrected chi connectivity index (χ0v) is 11.2. The maximum absolute atomic E-state index is 3.89. The van der Waals surface area contributed by atoms with E-state index in [2.05, 4.69) is 28.5 Å². The maximum atomic E-state index is 3.89. The van der Waals surface area contributed by atoms with Crippen LogP contribution in [0.1, 0.15) is 42.2 Å². The van der Waals surface area contributed by atoms with Crippen LogP contribution in [0.15, 0.2) is 11.4 Å². The highest BCUT2D eigenvalue weighted by atomic mass is 32.2. The summed E-state index contributed by atoms with van der Waals surface area (Å²) in [5, 5.41) is 6.15. The van der Waals surface area contributed by atoms with Crippen LogP contribution >= 0.6 is 23.1 Å². The summed E-state index contributed by atoms with van der Waals surface area (Å²) < 4.78 is 0. The third-order valence-electron chi connectivity index (χ3n) is 3.65. The number of rotatable bonds is 2. The topological polar surface area (TPSA) is 12.0 Å². The van der Waals surface area contributed by atoms with E-state index < -0.39 is 0 Å². The molecule has 3 heteroatoms. The lowest BCUT2D eigenvalue weighted by Gasteiger charge is -2.30. The largest absolute Gasteiger partial charge is 0.306 e. The Kier molecular flexibility index (Phi) is 3.55. The summed E-state index contributed by atoms with van der Waals surface area (Å²) in [5.41, 5.74) is 1.60. The molecule has 1 saturated heterocycles. The van der Waals surface area contributed by atoms with Gasteiger partial charge in [0.15, 0.2) is 0 Å². The van der Waals surface area contributed by atoms with Gasteiger partial charge in [-0.2, -0.15) is 11.8 Å². The molecule has 1 nitrogen and oxygen atoms in total. The number of aryl methyl sites for hydroxylation is 1. The van der Waals surface area contributed by atoms with Gasteiger partial charge >= 0.3 is 0 Å². The lowest BCUT2D eigenvalue weighted by Crippen LogP contribution is -2.37. The number of thioether (sulfide) groups is 1. The lowest BCUT2D eigenvalue weighted by molar-refractivity contribution is 0.396. The van der Waals surface area contributed by atoms with Crippen molar-refractivity contribution in [2.24, 2.45) is 0 Å². The third kappa shape index (κ3) is 2.31. The monoisotopic (exact) mass is 253 g/mol. The molecule has 0 aromatic carbocycles. The summed E-state index contributed by atoms with van der Waals surface area (Å²) in [6, 6.07) is 3.75. The second-order valence-corrected chi connectivity index (χ2v) is 6.98. The second kappa shape index (κ2) is 5.11. The van der Waals surface area contributed by atoms with Gasteiger partial charge in [0.05, 0.1) is 0 Å². The van der Waals surface area contributed by atoms with E-state index in [4.69, 9.17) is 0 Å². The van der Waals surface area contributed by atoms with Crippen LogP contribution in [0.2, 0.25) is 0 Å². The molecule has 0 radical (unpaired) electrons. The van der Waals surface area contributed by atoms with Gasteiger partial charge in [0.1, 0.15) is 0 Å². The van der Waals surface area contributed by atoms with Crippen molar-refractivity contribution < 1.29 is 0 Å². The summed E-state index contributed by atoms with van der Waals surface area (Å²) in [6.45, 7) is 0. The van der Waals surface area contributed by atoms with Crippen molar-refractivity contribution >= 4 is 23.1 Å². The highest BCUT2D eigenvalue weighted by molar-refractivity contribution is 7.99. The standard InChI is InChI=1S/C13H19NS2/c1-4-12(11-6-8-16-13(11)5-1)14-10-3-2-7-15-9-10/h6,8,10,12,14H,1-5,7,9H2. The van der Waals surface area contributed by atoms with E-state index in [-0.39, 0.29) is 0 Å². The summed E-state index contributed by atoms with van der Waals surface area (Å²) in [5.74, 6) is 2.68. The van der Waals surface area contributed by atoms with E-state index in [1.165, 1.54) is 43.6 Å². The normalized spacial score (nSPS) is 30.0. The van der Waals surface area contributed by atoms with Gasteiger partial charge in [-0.1, -0.05) is 0 Å². The van der Waals surface area contributed by atoms with Crippen LogP contribution in [-0.4, -0.2) is 17.5 Å². The molecule has 3 rings (SSSR count). The van der Waals surface area contributed by atoms with E-state index in [1.807, 2.05) is 11.3 Å². The fraction of sp³-hybridized carbons (Fsp3) is 0.692. The lowest BCUT2D eigenvalue weighted by atomic mass is 9.93. The van der Waals surface area contributed by atoms with Crippen LogP contribution < -0.4 is 5.32 Å². The van der Waals surface area contributed by atoms with Crippen LogP contribution in [0.25, 0.3) is 0 Å². The van der Waals surface area contributed by atoms with E-state index in [0.29, 0.717) is 6.04 Å². The van der Waals surface area contributed by atoms with Crippen molar-refractivity contribution in [2.75, 3.05) is 11.5 Å². The second-order valence-electron chi connectivity index (χ2n) is 4.82. The average molecular weight is 253 g/mol. The fourth-order valence-corrected chi connectivity index (χ4v) is 4.89. The Morgan fingerprint density at radius 1 is 1.25 bits per heavy atom. The Hall–Kier alpha value is 0.01000. The average Bonchev–Trinajstić information content (AvgIpc) is 2.80. The number of hydrogen-bond donors (Lipinski definition) is 1. The van der Waals surface area contributed by atoms with Crippen molar-refractivity contribution in [3.05, 3.63) is 21.9 Å². The molecule has 0 spiro atoms. The Morgan fingerprint density at radius 3 is 3.12 bits per heavy atom. The van der Waals surface area contributed by atoms with Gasteiger partial charge in [-0.3, -0.25) is 0 Å². The third-order valence-corrected chi connectivity index (χ3v) is 5.86. The van der Waals surface area contributed by atoms with Crippen LogP contribution in [0.3, 0.4) is 0 Å². The molecule has 16 heavy (non-hydrogen) atoms. The highest BCUT2D eigenvalue weighted by Gasteiger charge is 2.24. The smallest absolute Gasteiger partial charge is 0.0334 e. The first-order valence-corrected chi connectivity index (χ1v) is 8.37. The molecule has 2 atom stereocenters. The molecule has 2 unspecified atom stereocenters. The molecule has 1 fully saturated rings. The minimum atomic E-state index is 0.652. The van der Waals surface area contributed by atoms with Gasteiger partial charge in [-0.25, -0.2) is 0 Å². The summed E-state index contributed by atoms with van der Waals surface area (Å²) in [4.78, 5) is 1.63. The molecule has 2 heterocycles. The molecular formula is C13H19NS2. The molecule has 0 saturated carbocycles. The molecule has 88 valence electrons. The molecule has 0 bridgehead atoms. The van der Waals surface area contributed by atoms with Crippen LogP contribution in [0, 0.1) is 0 Å². The number of nitrogens with one attached hydrogen (secondary N) is 1. The first-order chi connectivity index (χ1) is 7.93. The first kappa shape index (κ1) is 11.1. The van der Waals surface area contributed by atoms with Crippen LogP contribution in [0.5, 0.6) is 0 Å². The highest BCUT2D eigenvalue weighted by Crippen LogP contribution is 2.34. The van der Waals surface area contributed by atoms with Gasteiger partial charge in [-0.05, 0) is 54.9 Å². The molecule has 1 aromatic heterocycles. The minimum Gasteiger partial charge on any atom is -0.306 e. The molecule has 2 aliphatic rings. The van der Waals surface area contributed by atoms with Crippen LogP contribution in [0.4, 0.5) is 0 Å². The zero-order valence-electron chi connectivity index (χ0n) is 9.58. The van der Waals surface area contributed by atoms with Gasteiger partial charge < -0.3 is 5.32 Å². The minimum absolute atomic E-state index is 0.652. The molecule has 1 aliphatic heterocycles. The first-order valence-electron chi connectivity index (χ1n) is 6.33. The molecule has 0 amide bonds. The van der Waals surface area contributed by atoms with E-state index in [0.717, 1.165) is 6.04 Å². The molecule has 1 aromatic rings. The predicted molar refractivity (Wildman–Crippen MR) is 73.5 cm³/mol. The fourth-order valence-electron chi connectivity index (χ4n) is 2.82. The quantitative estimate of drug-likeness (QED) is 0.864. The number of fused-ring (bicyclic) bond motifs is 1. The Balaban J connectivity index is 1.67. The predicted octanol–water partition coefficient (Wildman–Crippen LogP) is 3.61. The van der Waals surface area contributed by atoms with Gasteiger partial charge in [0.25, 0.3) is 0 Å². The summed E-state index contributed by atoms with van der Waals surface area (Å²) in [6.07, 6.45) is 6.79.